The first-order valence-corrected chi connectivity index (χ1v) is 5.85. The van der Waals surface area contributed by atoms with Crippen LogP contribution in [0.1, 0.15) is 5.69 Å². The van der Waals surface area contributed by atoms with Crippen LogP contribution in [0.2, 0.25) is 5.15 Å². The van der Waals surface area contributed by atoms with Crippen molar-refractivity contribution in [1.82, 2.24) is 19.6 Å². The van der Waals surface area contributed by atoms with Crippen molar-refractivity contribution in [2.24, 2.45) is 0 Å². The first-order chi connectivity index (χ1) is 8.83. The molecule has 0 radical (unpaired) electrons. The molecule has 0 aliphatic rings. The molecule has 0 aliphatic heterocycles. The summed E-state index contributed by atoms with van der Waals surface area (Å²) in [7, 11) is 0. The Morgan fingerprint density at radius 1 is 1.17 bits per heavy atom. The number of rotatable bonds is 3. The van der Waals surface area contributed by atoms with Gasteiger partial charge in [-0.1, -0.05) is 17.7 Å². The number of hydrogen-bond donors (Lipinski definition) is 1. The Hall–Kier alpha value is -2.14. The Balaban J connectivity index is 1.80. The van der Waals surface area contributed by atoms with Gasteiger partial charge in [-0.3, -0.25) is 4.98 Å². The van der Waals surface area contributed by atoms with E-state index in [1.54, 1.807) is 16.9 Å². The second-order valence-electron chi connectivity index (χ2n) is 3.74. The summed E-state index contributed by atoms with van der Waals surface area (Å²) in [5.74, 6) is 0.730. The molecule has 0 saturated carbocycles. The minimum absolute atomic E-state index is 0.492. The lowest BCUT2D eigenvalue weighted by Crippen LogP contribution is -2.05. The lowest BCUT2D eigenvalue weighted by atomic mass is 10.3. The SMILES string of the molecule is Clc1cnc2ccc(NCc3ccccn3)nn12. The van der Waals surface area contributed by atoms with E-state index in [1.165, 1.54) is 0 Å². The number of nitrogens with one attached hydrogen (secondary N) is 1. The molecule has 0 saturated heterocycles. The molecule has 3 aromatic heterocycles. The number of aromatic nitrogens is 4. The molecule has 0 bridgehead atoms. The van der Waals surface area contributed by atoms with Crippen LogP contribution in [0.4, 0.5) is 5.82 Å². The molecule has 0 atom stereocenters. The maximum atomic E-state index is 5.96. The molecule has 5 nitrogen and oxygen atoms in total. The topological polar surface area (TPSA) is 55.1 Å². The van der Waals surface area contributed by atoms with Gasteiger partial charge in [0.15, 0.2) is 10.8 Å². The van der Waals surface area contributed by atoms with Crippen LogP contribution in [0.15, 0.2) is 42.7 Å². The number of halogens is 1. The van der Waals surface area contributed by atoms with Gasteiger partial charge in [-0.15, -0.1) is 5.10 Å². The molecular formula is C12H10ClN5. The summed E-state index contributed by atoms with van der Waals surface area (Å²) in [6, 6.07) is 9.52. The molecule has 0 unspecified atom stereocenters. The van der Waals surface area contributed by atoms with Crippen LogP contribution < -0.4 is 5.32 Å². The van der Waals surface area contributed by atoms with Crippen molar-refractivity contribution in [3.05, 3.63) is 53.6 Å². The third-order valence-electron chi connectivity index (χ3n) is 2.50. The molecule has 0 aliphatic carbocycles. The van der Waals surface area contributed by atoms with Gasteiger partial charge in [0, 0.05) is 6.20 Å². The zero-order chi connectivity index (χ0) is 12.4. The Kier molecular flexibility index (Phi) is 2.82. The van der Waals surface area contributed by atoms with Gasteiger partial charge in [0.05, 0.1) is 18.4 Å². The Labute approximate surface area is 108 Å². The molecule has 1 N–H and O–H groups in total. The fourth-order valence-corrected chi connectivity index (χ4v) is 1.80. The van der Waals surface area contributed by atoms with E-state index in [-0.39, 0.29) is 0 Å². The number of pyridine rings is 1. The quantitative estimate of drug-likeness (QED) is 0.785. The Morgan fingerprint density at radius 2 is 2.11 bits per heavy atom. The predicted molar refractivity (Wildman–Crippen MR) is 69.6 cm³/mol. The third kappa shape index (κ3) is 2.12. The maximum absolute atomic E-state index is 5.96. The van der Waals surface area contributed by atoms with Gasteiger partial charge in [-0.25, -0.2) is 9.50 Å². The number of imidazole rings is 1. The highest BCUT2D eigenvalue weighted by Crippen LogP contribution is 2.13. The van der Waals surface area contributed by atoms with Crippen LogP contribution in [-0.4, -0.2) is 19.6 Å². The molecule has 0 fully saturated rings. The maximum Gasteiger partial charge on any atom is 0.155 e. The summed E-state index contributed by atoms with van der Waals surface area (Å²) >= 11 is 5.96. The lowest BCUT2D eigenvalue weighted by Gasteiger charge is -2.05. The smallest absolute Gasteiger partial charge is 0.155 e. The van der Waals surface area contributed by atoms with E-state index in [2.05, 4.69) is 20.4 Å². The number of anilines is 1. The average molecular weight is 260 g/mol. The second-order valence-corrected chi connectivity index (χ2v) is 4.13. The van der Waals surface area contributed by atoms with Crippen molar-refractivity contribution in [3.63, 3.8) is 0 Å². The van der Waals surface area contributed by atoms with E-state index in [9.17, 15) is 0 Å². The summed E-state index contributed by atoms with van der Waals surface area (Å²) in [4.78, 5) is 8.33. The van der Waals surface area contributed by atoms with Gasteiger partial charge in [-0.2, -0.15) is 0 Å². The third-order valence-corrected chi connectivity index (χ3v) is 2.76. The van der Waals surface area contributed by atoms with E-state index >= 15 is 0 Å². The van der Waals surface area contributed by atoms with Crippen LogP contribution in [0.25, 0.3) is 5.65 Å². The summed E-state index contributed by atoms with van der Waals surface area (Å²) in [6.45, 7) is 0.617. The summed E-state index contributed by atoms with van der Waals surface area (Å²) < 4.78 is 1.59. The highest BCUT2D eigenvalue weighted by Gasteiger charge is 2.03. The molecule has 0 spiro atoms. The fourth-order valence-electron chi connectivity index (χ4n) is 1.62. The highest BCUT2D eigenvalue weighted by molar-refractivity contribution is 6.29. The van der Waals surface area contributed by atoms with Crippen LogP contribution in [0.3, 0.4) is 0 Å². The molecule has 0 amide bonds. The van der Waals surface area contributed by atoms with Gasteiger partial charge in [0.2, 0.25) is 0 Å². The number of nitrogens with zero attached hydrogens (tertiary/aromatic N) is 4. The monoisotopic (exact) mass is 259 g/mol. The minimum atomic E-state index is 0.492. The van der Waals surface area contributed by atoms with Gasteiger partial charge in [0.1, 0.15) is 5.82 Å². The average Bonchev–Trinajstić information content (AvgIpc) is 2.79. The summed E-state index contributed by atoms with van der Waals surface area (Å²) in [5, 5.41) is 8.01. The lowest BCUT2D eigenvalue weighted by molar-refractivity contribution is 0.919. The Bertz CT molecular complexity index is 665. The van der Waals surface area contributed by atoms with E-state index in [1.807, 2.05) is 30.3 Å². The van der Waals surface area contributed by atoms with E-state index in [0.717, 1.165) is 17.2 Å². The van der Waals surface area contributed by atoms with E-state index in [0.29, 0.717) is 11.7 Å². The molecule has 3 rings (SSSR count). The van der Waals surface area contributed by atoms with Crippen LogP contribution in [0.5, 0.6) is 0 Å². The van der Waals surface area contributed by atoms with E-state index < -0.39 is 0 Å². The largest absolute Gasteiger partial charge is 0.363 e. The standard InChI is InChI=1S/C12H10ClN5/c13-10-8-16-12-5-4-11(17-18(10)12)15-7-9-3-1-2-6-14-9/h1-6,8H,7H2,(H,15,17). The van der Waals surface area contributed by atoms with Gasteiger partial charge in [0.25, 0.3) is 0 Å². The molecule has 0 aromatic carbocycles. The Morgan fingerprint density at radius 3 is 2.94 bits per heavy atom. The minimum Gasteiger partial charge on any atom is -0.363 e. The molecule has 3 heterocycles. The van der Waals surface area contributed by atoms with Crippen molar-refractivity contribution in [3.8, 4) is 0 Å². The van der Waals surface area contributed by atoms with Gasteiger partial charge in [-0.05, 0) is 24.3 Å². The van der Waals surface area contributed by atoms with Gasteiger partial charge < -0.3 is 5.32 Å². The first-order valence-electron chi connectivity index (χ1n) is 5.47. The summed E-state index contributed by atoms with van der Waals surface area (Å²) in [6.07, 6.45) is 3.34. The summed E-state index contributed by atoms with van der Waals surface area (Å²) in [5.41, 5.74) is 1.68. The number of fused-ring (bicyclic) bond motifs is 1. The van der Waals surface area contributed by atoms with Gasteiger partial charge >= 0.3 is 0 Å². The normalized spacial score (nSPS) is 10.7. The van der Waals surface area contributed by atoms with Crippen LogP contribution in [0, 0.1) is 0 Å². The fraction of sp³-hybridized carbons (Fsp3) is 0.0833. The van der Waals surface area contributed by atoms with Crippen LogP contribution >= 0.6 is 11.6 Å². The van der Waals surface area contributed by atoms with Crippen molar-refractivity contribution in [2.45, 2.75) is 6.54 Å². The zero-order valence-corrected chi connectivity index (χ0v) is 10.2. The highest BCUT2D eigenvalue weighted by atomic mass is 35.5. The molecule has 6 heteroatoms. The first kappa shape index (κ1) is 11.0. The predicted octanol–water partition coefficient (Wildman–Crippen LogP) is 2.39. The van der Waals surface area contributed by atoms with Crippen LogP contribution in [-0.2, 0) is 6.54 Å². The van der Waals surface area contributed by atoms with Crippen molar-refractivity contribution in [2.75, 3.05) is 5.32 Å². The molecule has 18 heavy (non-hydrogen) atoms. The van der Waals surface area contributed by atoms with Crippen molar-refractivity contribution >= 4 is 23.1 Å². The van der Waals surface area contributed by atoms with Crippen molar-refractivity contribution in [1.29, 1.82) is 0 Å². The van der Waals surface area contributed by atoms with E-state index in [4.69, 9.17) is 11.6 Å². The number of hydrogen-bond acceptors (Lipinski definition) is 4. The van der Waals surface area contributed by atoms with Crippen molar-refractivity contribution < 1.29 is 0 Å². The second kappa shape index (κ2) is 4.62. The molecular weight excluding hydrogens is 250 g/mol. The molecule has 3 aromatic rings. The zero-order valence-electron chi connectivity index (χ0n) is 9.42. The molecule has 90 valence electrons.